The lowest BCUT2D eigenvalue weighted by Gasteiger charge is -2.07. The molecule has 3 aromatic rings. The number of hydrogen-bond acceptors (Lipinski definition) is 2. The zero-order valence-corrected chi connectivity index (χ0v) is 15.3. The number of nitrogens with one attached hydrogen (secondary N) is 2. The van der Waals surface area contributed by atoms with Crippen molar-refractivity contribution in [2.75, 3.05) is 13.1 Å². The molecule has 0 aliphatic carbocycles. The third-order valence-corrected chi connectivity index (χ3v) is 4.55. The van der Waals surface area contributed by atoms with E-state index in [0.717, 1.165) is 39.0 Å². The van der Waals surface area contributed by atoms with Gasteiger partial charge in [0.2, 0.25) is 0 Å². The number of benzene rings is 3. The van der Waals surface area contributed by atoms with E-state index in [1.165, 1.54) is 22.3 Å². The zero-order chi connectivity index (χ0) is 17.9. The first kappa shape index (κ1) is 18.4. The lowest BCUT2D eigenvalue weighted by Crippen LogP contribution is -2.17. The Morgan fingerprint density at radius 1 is 0.423 bits per heavy atom. The summed E-state index contributed by atoms with van der Waals surface area (Å²) in [4.78, 5) is 0. The van der Waals surface area contributed by atoms with Crippen molar-refractivity contribution in [3.8, 4) is 0 Å². The van der Waals surface area contributed by atoms with Gasteiger partial charge in [-0.05, 0) is 48.2 Å². The van der Waals surface area contributed by atoms with Gasteiger partial charge in [0.15, 0.2) is 0 Å². The molecule has 0 heterocycles. The number of rotatable bonds is 10. The maximum Gasteiger partial charge on any atom is 0.0205 e. The summed E-state index contributed by atoms with van der Waals surface area (Å²) in [6.07, 6.45) is 2.14. The highest BCUT2D eigenvalue weighted by atomic mass is 14.8. The SMILES string of the molecule is c1ccc(CNCCc2ccc(CCNCc3ccccc3)cc2)cc1. The van der Waals surface area contributed by atoms with Crippen molar-refractivity contribution < 1.29 is 0 Å². The highest BCUT2D eigenvalue weighted by molar-refractivity contribution is 5.23. The van der Waals surface area contributed by atoms with Gasteiger partial charge < -0.3 is 10.6 Å². The van der Waals surface area contributed by atoms with E-state index in [2.05, 4.69) is 95.6 Å². The molecule has 0 spiro atoms. The van der Waals surface area contributed by atoms with E-state index < -0.39 is 0 Å². The van der Waals surface area contributed by atoms with E-state index in [0.29, 0.717) is 0 Å². The Bertz CT molecular complexity index is 670. The van der Waals surface area contributed by atoms with Gasteiger partial charge in [-0.2, -0.15) is 0 Å². The van der Waals surface area contributed by atoms with Crippen LogP contribution in [0.25, 0.3) is 0 Å². The Morgan fingerprint density at radius 2 is 0.808 bits per heavy atom. The van der Waals surface area contributed by atoms with Crippen LogP contribution in [0.15, 0.2) is 84.9 Å². The highest BCUT2D eigenvalue weighted by Crippen LogP contribution is 2.06. The molecule has 0 radical (unpaired) electrons. The van der Waals surface area contributed by atoms with Crippen molar-refractivity contribution in [1.82, 2.24) is 10.6 Å². The molecule has 0 saturated heterocycles. The van der Waals surface area contributed by atoms with Crippen molar-refractivity contribution in [2.24, 2.45) is 0 Å². The largest absolute Gasteiger partial charge is 0.312 e. The molecule has 26 heavy (non-hydrogen) atoms. The van der Waals surface area contributed by atoms with Crippen molar-refractivity contribution in [1.29, 1.82) is 0 Å². The molecule has 3 aromatic carbocycles. The van der Waals surface area contributed by atoms with Gasteiger partial charge in [0.05, 0.1) is 0 Å². The molecular formula is C24H28N2. The van der Waals surface area contributed by atoms with Gasteiger partial charge in [-0.15, -0.1) is 0 Å². The van der Waals surface area contributed by atoms with Crippen LogP contribution in [0.1, 0.15) is 22.3 Å². The standard InChI is InChI=1S/C24H28N2/c1-3-7-23(8-4-1)19-25-17-15-21-11-13-22(14-12-21)16-18-26-20-24-9-5-2-6-10-24/h1-14,25-26H,15-20H2. The molecule has 0 aliphatic heterocycles. The first-order chi connectivity index (χ1) is 12.9. The molecule has 0 saturated carbocycles. The van der Waals surface area contributed by atoms with Crippen molar-refractivity contribution >= 4 is 0 Å². The third-order valence-electron chi connectivity index (χ3n) is 4.55. The van der Waals surface area contributed by atoms with Gasteiger partial charge in [0, 0.05) is 13.1 Å². The second-order valence-corrected chi connectivity index (χ2v) is 6.64. The maximum atomic E-state index is 3.51. The molecule has 2 heteroatoms. The smallest absolute Gasteiger partial charge is 0.0205 e. The zero-order valence-electron chi connectivity index (χ0n) is 15.3. The molecule has 0 bridgehead atoms. The molecule has 0 aliphatic rings. The van der Waals surface area contributed by atoms with Gasteiger partial charge in [-0.3, -0.25) is 0 Å². The molecule has 134 valence electrons. The summed E-state index contributed by atoms with van der Waals surface area (Å²) in [6.45, 7) is 3.89. The molecular weight excluding hydrogens is 316 g/mol. The molecule has 0 aromatic heterocycles. The quantitative estimate of drug-likeness (QED) is 0.534. The van der Waals surface area contributed by atoms with Crippen molar-refractivity contribution in [3.63, 3.8) is 0 Å². The van der Waals surface area contributed by atoms with Crippen LogP contribution in [0.2, 0.25) is 0 Å². The van der Waals surface area contributed by atoms with Gasteiger partial charge in [0.1, 0.15) is 0 Å². The van der Waals surface area contributed by atoms with Crippen LogP contribution in [0.3, 0.4) is 0 Å². The third kappa shape index (κ3) is 6.47. The molecule has 0 atom stereocenters. The summed E-state index contributed by atoms with van der Waals surface area (Å²) in [5.74, 6) is 0. The summed E-state index contributed by atoms with van der Waals surface area (Å²) in [5, 5.41) is 7.02. The fourth-order valence-corrected chi connectivity index (χ4v) is 3.00. The summed E-state index contributed by atoms with van der Waals surface area (Å²) < 4.78 is 0. The predicted octanol–water partition coefficient (Wildman–Crippen LogP) is 4.35. The van der Waals surface area contributed by atoms with Gasteiger partial charge in [0.25, 0.3) is 0 Å². The first-order valence-electron chi connectivity index (χ1n) is 9.47. The Balaban J connectivity index is 1.31. The first-order valence-corrected chi connectivity index (χ1v) is 9.47. The molecule has 2 N–H and O–H groups in total. The van der Waals surface area contributed by atoms with Crippen LogP contribution in [0, 0.1) is 0 Å². The normalized spacial score (nSPS) is 10.8. The number of hydrogen-bond donors (Lipinski definition) is 2. The Hall–Kier alpha value is -2.42. The summed E-state index contributed by atoms with van der Waals surface area (Å²) >= 11 is 0. The molecule has 3 rings (SSSR count). The summed E-state index contributed by atoms with van der Waals surface area (Å²) in [7, 11) is 0. The van der Waals surface area contributed by atoms with Crippen molar-refractivity contribution in [3.05, 3.63) is 107 Å². The van der Waals surface area contributed by atoms with Gasteiger partial charge >= 0.3 is 0 Å². The lowest BCUT2D eigenvalue weighted by molar-refractivity contribution is 0.683. The van der Waals surface area contributed by atoms with Crippen LogP contribution >= 0.6 is 0 Å². The van der Waals surface area contributed by atoms with E-state index in [-0.39, 0.29) is 0 Å². The topological polar surface area (TPSA) is 24.1 Å². The predicted molar refractivity (Wildman–Crippen MR) is 110 cm³/mol. The average molecular weight is 345 g/mol. The monoisotopic (exact) mass is 344 g/mol. The second kappa shape index (κ2) is 10.5. The van der Waals surface area contributed by atoms with E-state index >= 15 is 0 Å². The second-order valence-electron chi connectivity index (χ2n) is 6.64. The highest BCUT2D eigenvalue weighted by Gasteiger charge is 1.97. The van der Waals surface area contributed by atoms with Gasteiger partial charge in [-0.1, -0.05) is 84.9 Å². The molecule has 0 unspecified atom stereocenters. The van der Waals surface area contributed by atoms with Crippen LogP contribution in [-0.4, -0.2) is 13.1 Å². The fourth-order valence-electron chi connectivity index (χ4n) is 3.00. The van der Waals surface area contributed by atoms with Crippen LogP contribution in [0.5, 0.6) is 0 Å². The minimum absolute atomic E-state index is 0.937. The van der Waals surface area contributed by atoms with Crippen LogP contribution < -0.4 is 10.6 Å². The average Bonchev–Trinajstić information content (AvgIpc) is 2.71. The van der Waals surface area contributed by atoms with Crippen LogP contribution in [0.4, 0.5) is 0 Å². The molecule has 0 fully saturated rings. The summed E-state index contributed by atoms with van der Waals surface area (Å²) in [6, 6.07) is 30.2. The Kier molecular flexibility index (Phi) is 7.45. The minimum atomic E-state index is 0.937. The van der Waals surface area contributed by atoms with E-state index in [4.69, 9.17) is 0 Å². The van der Waals surface area contributed by atoms with E-state index in [1.807, 2.05) is 0 Å². The van der Waals surface area contributed by atoms with Gasteiger partial charge in [-0.25, -0.2) is 0 Å². The summed E-state index contributed by atoms with van der Waals surface area (Å²) in [5.41, 5.74) is 5.47. The molecule has 2 nitrogen and oxygen atoms in total. The van der Waals surface area contributed by atoms with Crippen LogP contribution in [-0.2, 0) is 25.9 Å². The van der Waals surface area contributed by atoms with Crippen molar-refractivity contribution in [2.45, 2.75) is 25.9 Å². The lowest BCUT2D eigenvalue weighted by atomic mass is 10.1. The molecule has 0 amide bonds. The maximum absolute atomic E-state index is 3.51. The Labute approximate surface area is 157 Å². The minimum Gasteiger partial charge on any atom is -0.312 e. The Morgan fingerprint density at radius 3 is 1.19 bits per heavy atom. The van der Waals surface area contributed by atoms with E-state index in [1.54, 1.807) is 0 Å². The fraction of sp³-hybridized carbons (Fsp3) is 0.250. The van der Waals surface area contributed by atoms with E-state index in [9.17, 15) is 0 Å².